The smallest absolute Gasteiger partial charge is 0.274 e. The lowest BCUT2D eigenvalue weighted by molar-refractivity contribution is 0.0454. The Bertz CT molecular complexity index is 774. The first-order valence-electron chi connectivity index (χ1n) is 9.29. The highest BCUT2D eigenvalue weighted by molar-refractivity contribution is 5.92. The van der Waals surface area contributed by atoms with E-state index in [0.29, 0.717) is 17.5 Å². The quantitative estimate of drug-likeness (QED) is 0.838. The zero-order chi connectivity index (χ0) is 18.1. The van der Waals surface area contributed by atoms with E-state index in [0.717, 1.165) is 51.4 Å². The Kier molecular flexibility index (Phi) is 4.72. The van der Waals surface area contributed by atoms with Gasteiger partial charge in [-0.05, 0) is 26.7 Å². The topological polar surface area (TPSA) is 73.1 Å². The van der Waals surface area contributed by atoms with E-state index in [2.05, 4.69) is 26.4 Å². The highest BCUT2D eigenvalue weighted by Gasteiger charge is 2.33. The Hall–Kier alpha value is -2.28. The summed E-state index contributed by atoms with van der Waals surface area (Å²) in [4.78, 5) is 27.3. The fourth-order valence-electron chi connectivity index (χ4n) is 3.77. The molecule has 0 aromatic carbocycles. The number of carbonyl (C=O) groups is 1. The van der Waals surface area contributed by atoms with Crippen LogP contribution in [-0.2, 0) is 11.3 Å². The SMILES string of the molecule is Cc1cnc(C(=O)N2CC(Cn3c(C)cnc3C3CCOCC3)C2)cn1. The predicted molar refractivity (Wildman–Crippen MR) is 95.9 cm³/mol. The highest BCUT2D eigenvalue weighted by Crippen LogP contribution is 2.28. The first kappa shape index (κ1) is 17.1. The molecule has 0 atom stereocenters. The summed E-state index contributed by atoms with van der Waals surface area (Å²) in [5.74, 6) is 2.10. The summed E-state index contributed by atoms with van der Waals surface area (Å²) in [6.45, 7) is 8.06. The van der Waals surface area contributed by atoms with Gasteiger partial charge >= 0.3 is 0 Å². The maximum atomic E-state index is 12.5. The Morgan fingerprint density at radius 2 is 1.88 bits per heavy atom. The summed E-state index contributed by atoms with van der Waals surface area (Å²) < 4.78 is 7.82. The van der Waals surface area contributed by atoms with Crippen molar-refractivity contribution in [3.63, 3.8) is 0 Å². The molecule has 0 aliphatic carbocycles. The highest BCUT2D eigenvalue weighted by atomic mass is 16.5. The lowest BCUT2D eigenvalue weighted by Crippen LogP contribution is -2.51. The Morgan fingerprint density at radius 3 is 2.58 bits per heavy atom. The molecule has 2 aliphatic heterocycles. The molecule has 2 aliphatic rings. The molecule has 0 unspecified atom stereocenters. The van der Waals surface area contributed by atoms with Crippen LogP contribution in [0.4, 0.5) is 0 Å². The normalized spacial score (nSPS) is 18.8. The molecule has 0 saturated carbocycles. The van der Waals surface area contributed by atoms with Gasteiger partial charge in [0, 0.05) is 62.8 Å². The molecular weight excluding hydrogens is 330 g/mol. The summed E-state index contributed by atoms with van der Waals surface area (Å²) in [6.07, 6.45) is 7.25. The summed E-state index contributed by atoms with van der Waals surface area (Å²) in [7, 11) is 0. The van der Waals surface area contributed by atoms with Crippen LogP contribution in [-0.4, -0.2) is 56.6 Å². The second-order valence-electron chi connectivity index (χ2n) is 7.37. The van der Waals surface area contributed by atoms with Crippen molar-refractivity contribution < 1.29 is 9.53 Å². The molecule has 0 spiro atoms. The van der Waals surface area contributed by atoms with Crippen molar-refractivity contribution in [1.82, 2.24) is 24.4 Å². The molecule has 138 valence electrons. The minimum Gasteiger partial charge on any atom is -0.381 e. The number of aryl methyl sites for hydroxylation is 2. The van der Waals surface area contributed by atoms with Crippen molar-refractivity contribution in [1.29, 1.82) is 0 Å². The van der Waals surface area contributed by atoms with Gasteiger partial charge in [0.1, 0.15) is 11.5 Å². The number of amides is 1. The summed E-state index contributed by atoms with van der Waals surface area (Å²) in [6, 6.07) is 0. The Morgan fingerprint density at radius 1 is 1.12 bits per heavy atom. The zero-order valence-corrected chi connectivity index (χ0v) is 15.4. The minimum absolute atomic E-state index is 0.0271. The van der Waals surface area contributed by atoms with E-state index in [4.69, 9.17) is 4.74 Å². The van der Waals surface area contributed by atoms with Crippen molar-refractivity contribution in [2.45, 2.75) is 39.2 Å². The van der Waals surface area contributed by atoms with Gasteiger partial charge in [-0.25, -0.2) is 9.97 Å². The Labute approximate surface area is 153 Å². The van der Waals surface area contributed by atoms with Gasteiger partial charge in [0.2, 0.25) is 0 Å². The maximum absolute atomic E-state index is 12.5. The predicted octanol–water partition coefficient (Wildman–Crippen LogP) is 1.96. The Balaban J connectivity index is 1.37. The molecule has 0 radical (unpaired) electrons. The molecule has 2 aromatic rings. The zero-order valence-electron chi connectivity index (χ0n) is 15.4. The van der Waals surface area contributed by atoms with E-state index in [-0.39, 0.29) is 5.91 Å². The third-order valence-electron chi connectivity index (χ3n) is 5.36. The van der Waals surface area contributed by atoms with E-state index in [1.165, 1.54) is 11.5 Å². The molecule has 0 bridgehead atoms. The van der Waals surface area contributed by atoms with Crippen LogP contribution in [0.25, 0.3) is 0 Å². The van der Waals surface area contributed by atoms with Crippen molar-refractivity contribution in [2.75, 3.05) is 26.3 Å². The third kappa shape index (κ3) is 3.35. The lowest BCUT2D eigenvalue weighted by atomic mass is 9.97. The van der Waals surface area contributed by atoms with Crippen LogP contribution < -0.4 is 0 Å². The second-order valence-corrected chi connectivity index (χ2v) is 7.37. The molecule has 1 amide bonds. The average Bonchev–Trinajstić information content (AvgIpc) is 2.99. The lowest BCUT2D eigenvalue weighted by Gasteiger charge is -2.39. The van der Waals surface area contributed by atoms with Gasteiger partial charge in [0.05, 0.1) is 11.9 Å². The van der Waals surface area contributed by atoms with Crippen LogP contribution in [0.5, 0.6) is 0 Å². The van der Waals surface area contributed by atoms with Crippen LogP contribution in [0, 0.1) is 19.8 Å². The van der Waals surface area contributed by atoms with E-state index < -0.39 is 0 Å². The molecule has 4 heterocycles. The first-order valence-corrected chi connectivity index (χ1v) is 9.29. The van der Waals surface area contributed by atoms with Gasteiger partial charge in [0.15, 0.2) is 0 Å². The first-order chi connectivity index (χ1) is 12.6. The number of hydrogen-bond donors (Lipinski definition) is 0. The third-order valence-corrected chi connectivity index (χ3v) is 5.36. The standard InChI is InChI=1S/C19H25N5O2/c1-13-7-21-17(9-20-13)19(25)23-10-15(11-23)12-24-14(2)8-22-18(24)16-3-5-26-6-4-16/h7-9,15-16H,3-6,10-12H2,1-2H3. The van der Waals surface area contributed by atoms with Gasteiger partial charge in [-0.15, -0.1) is 0 Å². The van der Waals surface area contributed by atoms with Crippen molar-refractivity contribution in [3.8, 4) is 0 Å². The molecule has 2 aromatic heterocycles. The second kappa shape index (κ2) is 7.15. The fourth-order valence-corrected chi connectivity index (χ4v) is 3.77. The molecule has 2 fully saturated rings. The van der Waals surface area contributed by atoms with Crippen LogP contribution in [0.2, 0.25) is 0 Å². The summed E-state index contributed by atoms with van der Waals surface area (Å²) in [5.41, 5.74) is 2.44. The number of ether oxygens (including phenoxy) is 1. The van der Waals surface area contributed by atoms with E-state index >= 15 is 0 Å². The maximum Gasteiger partial charge on any atom is 0.274 e. The van der Waals surface area contributed by atoms with Crippen molar-refractivity contribution in [2.24, 2.45) is 5.92 Å². The molecular formula is C19H25N5O2. The minimum atomic E-state index is -0.0271. The molecule has 4 rings (SSSR count). The van der Waals surface area contributed by atoms with E-state index in [1.54, 1.807) is 12.4 Å². The molecule has 7 heteroatoms. The van der Waals surface area contributed by atoms with Crippen LogP contribution in [0.3, 0.4) is 0 Å². The number of likely N-dealkylation sites (tertiary alicyclic amines) is 1. The number of carbonyl (C=O) groups excluding carboxylic acids is 1. The van der Waals surface area contributed by atoms with Gasteiger partial charge in [-0.2, -0.15) is 0 Å². The van der Waals surface area contributed by atoms with Gasteiger partial charge in [0.25, 0.3) is 5.91 Å². The van der Waals surface area contributed by atoms with Crippen LogP contribution in [0.1, 0.15) is 46.5 Å². The van der Waals surface area contributed by atoms with Gasteiger partial charge < -0.3 is 14.2 Å². The monoisotopic (exact) mass is 355 g/mol. The van der Waals surface area contributed by atoms with Crippen LogP contribution in [0.15, 0.2) is 18.6 Å². The van der Waals surface area contributed by atoms with Crippen molar-refractivity contribution >= 4 is 5.91 Å². The molecule has 26 heavy (non-hydrogen) atoms. The number of aromatic nitrogens is 4. The van der Waals surface area contributed by atoms with Crippen molar-refractivity contribution in [3.05, 3.63) is 41.5 Å². The number of imidazole rings is 1. The van der Waals surface area contributed by atoms with Gasteiger partial charge in [-0.3, -0.25) is 9.78 Å². The number of hydrogen-bond acceptors (Lipinski definition) is 5. The summed E-state index contributed by atoms with van der Waals surface area (Å²) in [5, 5.41) is 0. The summed E-state index contributed by atoms with van der Waals surface area (Å²) >= 11 is 0. The average molecular weight is 355 g/mol. The fraction of sp³-hybridized carbons (Fsp3) is 0.579. The van der Waals surface area contributed by atoms with E-state index in [9.17, 15) is 4.79 Å². The van der Waals surface area contributed by atoms with E-state index in [1.807, 2.05) is 18.0 Å². The molecule has 0 N–H and O–H groups in total. The number of nitrogens with zero attached hydrogens (tertiary/aromatic N) is 5. The van der Waals surface area contributed by atoms with Gasteiger partial charge in [-0.1, -0.05) is 0 Å². The molecule has 7 nitrogen and oxygen atoms in total. The van der Waals surface area contributed by atoms with Crippen LogP contribution >= 0.6 is 0 Å². The molecule has 2 saturated heterocycles. The number of rotatable bonds is 4. The largest absolute Gasteiger partial charge is 0.381 e.